The lowest BCUT2D eigenvalue weighted by molar-refractivity contribution is -0.135. The number of hydrogen-bond donors (Lipinski definition) is 2. The quantitative estimate of drug-likeness (QED) is 0.644. The third-order valence-corrected chi connectivity index (χ3v) is 5.00. The number of aliphatic carboxylic acids is 2. The Kier molecular flexibility index (Phi) is 6.64. The number of aryl methyl sites for hydroxylation is 1. The molecule has 31 heavy (non-hydrogen) atoms. The summed E-state index contributed by atoms with van der Waals surface area (Å²) in [5, 5.41) is 20.2. The lowest BCUT2D eigenvalue weighted by Gasteiger charge is -2.28. The number of methoxy groups -OCH3 is 2. The first-order chi connectivity index (χ1) is 14.8. The Labute approximate surface area is 178 Å². The first-order valence-corrected chi connectivity index (χ1v) is 9.46. The fourth-order valence-electron chi connectivity index (χ4n) is 3.51. The number of carboxylic acid groups (broad SMARTS) is 2. The fourth-order valence-corrected chi connectivity index (χ4v) is 3.51. The van der Waals surface area contributed by atoms with Crippen molar-refractivity contribution in [3.05, 3.63) is 59.4 Å². The molecular weight excluding hydrogens is 409 g/mol. The molecule has 2 N–H and O–H groups in total. The van der Waals surface area contributed by atoms with Crippen molar-refractivity contribution in [3.63, 3.8) is 0 Å². The maximum absolute atomic E-state index is 13.3. The molecule has 8 nitrogen and oxygen atoms in total. The molecule has 0 radical (unpaired) electrons. The van der Waals surface area contributed by atoms with Gasteiger partial charge in [-0.25, -0.2) is 19.0 Å². The molecule has 1 unspecified atom stereocenters. The lowest BCUT2D eigenvalue weighted by Crippen LogP contribution is -2.34. The van der Waals surface area contributed by atoms with Crippen molar-refractivity contribution in [1.29, 1.82) is 0 Å². The Morgan fingerprint density at radius 2 is 1.74 bits per heavy atom. The van der Waals surface area contributed by atoms with E-state index in [1.165, 1.54) is 43.5 Å². The molecule has 0 spiro atoms. The molecule has 3 rings (SSSR count). The van der Waals surface area contributed by atoms with Crippen molar-refractivity contribution < 1.29 is 38.5 Å². The summed E-state index contributed by atoms with van der Waals surface area (Å²) in [5.41, 5.74) is 1.19. The van der Waals surface area contributed by atoms with Crippen LogP contribution in [0.25, 0.3) is 0 Å². The van der Waals surface area contributed by atoms with Crippen LogP contribution in [-0.2, 0) is 16.0 Å². The molecule has 0 saturated heterocycles. The zero-order valence-corrected chi connectivity index (χ0v) is 17.0. The molecule has 2 aromatic rings. The van der Waals surface area contributed by atoms with Gasteiger partial charge in [-0.05, 0) is 48.7 Å². The second kappa shape index (κ2) is 9.38. The van der Waals surface area contributed by atoms with Crippen LogP contribution >= 0.6 is 0 Å². The van der Waals surface area contributed by atoms with E-state index < -0.39 is 23.7 Å². The Bertz CT molecular complexity index is 1000. The van der Waals surface area contributed by atoms with Crippen molar-refractivity contribution >= 4 is 17.6 Å². The molecule has 0 amide bonds. The number of anilines is 1. The first-order valence-electron chi connectivity index (χ1n) is 9.46. The number of ether oxygens (including phenoxy) is 2. The molecule has 0 saturated carbocycles. The van der Waals surface area contributed by atoms with Crippen molar-refractivity contribution in [2.75, 3.05) is 25.8 Å². The van der Waals surface area contributed by atoms with Crippen LogP contribution in [0.4, 0.5) is 10.1 Å². The molecule has 1 atom stereocenters. The summed E-state index contributed by atoms with van der Waals surface area (Å²) in [7, 11) is 3.00. The molecule has 1 aliphatic heterocycles. The predicted molar refractivity (Wildman–Crippen MR) is 109 cm³/mol. The molecule has 0 aromatic heterocycles. The van der Waals surface area contributed by atoms with Gasteiger partial charge in [0.2, 0.25) is 0 Å². The zero-order chi connectivity index (χ0) is 22.5. The van der Waals surface area contributed by atoms with E-state index in [9.17, 15) is 19.1 Å². The minimum atomic E-state index is -1.34. The molecule has 0 fully saturated rings. The van der Waals surface area contributed by atoms with Crippen LogP contribution in [-0.4, -0.2) is 42.9 Å². The highest BCUT2D eigenvalue weighted by Crippen LogP contribution is 2.39. The maximum atomic E-state index is 13.3. The number of benzene rings is 2. The van der Waals surface area contributed by atoms with Crippen LogP contribution in [0.3, 0.4) is 0 Å². The number of carbonyl (C=O) groups is 2. The summed E-state index contributed by atoms with van der Waals surface area (Å²) >= 11 is 0. The van der Waals surface area contributed by atoms with Crippen LogP contribution in [0.5, 0.6) is 17.2 Å². The van der Waals surface area contributed by atoms with Gasteiger partial charge in [0.1, 0.15) is 5.82 Å². The highest BCUT2D eigenvalue weighted by molar-refractivity contribution is 5.95. The van der Waals surface area contributed by atoms with E-state index in [-0.39, 0.29) is 12.1 Å². The van der Waals surface area contributed by atoms with Crippen molar-refractivity contribution in [2.45, 2.75) is 12.8 Å². The van der Waals surface area contributed by atoms with E-state index in [0.717, 1.165) is 5.56 Å². The second-order valence-corrected chi connectivity index (χ2v) is 6.92. The summed E-state index contributed by atoms with van der Waals surface area (Å²) < 4.78 is 24.0. The number of rotatable bonds is 7. The van der Waals surface area contributed by atoms with Gasteiger partial charge in [0.15, 0.2) is 17.2 Å². The zero-order valence-electron chi connectivity index (χ0n) is 17.0. The Balaban J connectivity index is 2.06. The minimum absolute atomic E-state index is 0.0608. The number of fused-ring (bicyclic) bond motifs is 1. The fraction of sp³-hybridized carbons (Fsp3) is 0.273. The van der Waals surface area contributed by atoms with Gasteiger partial charge in [-0.3, -0.25) is 0 Å². The summed E-state index contributed by atoms with van der Waals surface area (Å²) in [4.78, 5) is 28.9. The van der Waals surface area contributed by atoms with Crippen LogP contribution < -0.4 is 19.4 Å². The van der Waals surface area contributed by atoms with E-state index in [1.807, 2.05) is 0 Å². The molecule has 1 heterocycles. The Morgan fingerprint density at radius 3 is 2.32 bits per heavy atom. The highest BCUT2D eigenvalue weighted by atomic mass is 19.1. The standard InChI is InChI=1S/C22H22FNO7/c1-29-19-9-13-3-4-14(17(22(27)28)10-21(25)26)12-24(18(13)11-20(19)30-2)31-16-7-5-15(23)6-8-16/h5-11,14H,3-4,12H2,1-2H3,(H,25,26)(H,27,28). The van der Waals surface area contributed by atoms with Gasteiger partial charge in [-0.2, -0.15) is 0 Å². The van der Waals surface area contributed by atoms with Gasteiger partial charge in [0.05, 0.1) is 26.5 Å². The summed E-state index contributed by atoms with van der Waals surface area (Å²) in [6.07, 6.45) is 1.53. The minimum Gasteiger partial charge on any atom is -0.493 e. The normalized spacial score (nSPS) is 16.2. The summed E-state index contributed by atoms with van der Waals surface area (Å²) in [6, 6.07) is 8.86. The molecular formula is C22H22FNO7. The van der Waals surface area contributed by atoms with Gasteiger partial charge in [0.25, 0.3) is 0 Å². The SMILES string of the molecule is COc1cc2c(cc1OC)N(Oc1ccc(F)cc1)CC(C(=CC(=O)O)C(=O)O)CC2. The van der Waals surface area contributed by atoms with Crippen molar-refractivity contribution in [3.8, 4) is 17.2 Å². The first kappa shape index (κ1) is 21.9. The van der Waals surface area contributed by atoms with E-state index in [1.54, 1.807) is 12.1 Å². The second-order valence-electron chi connectivity index (χ2n) is 6.92. The van der Waals surface area contributed by atoms with Crippen LogP contribution in [0.1, 0.15) is 12.0 Å². The average molecular weight is 431 g/mol. The van der Waals surface area contributed by atoms with Gasteiger partial charge in [-0.15, -0.1) is 0 Å². The van der Waals surface area contributed by atoms with Gasteiger partial charge in [-0.1, -0.05) is 0 Å². The molecule has 164 valence electrons. The lowest BCUT2D eigenvalue weighted by atomic mass is 9.93. The third-order valence-electron chi connectivity index (χ3n) is 5.00. The molecule has 0 bridgehead atoms. The topological polar surface area (TPSA) is 106 Å². The average Bonchev–Trinajstić information content (AvgIpc) is 2.91. The highest BCUT2D eigenvalue weighted by Gasteiger charge is 2.30. The van der Waals surface area contributed by atoms with E-state index in [2.05, 4.69) is 0 Å². The molecule has 0 aliphatic carbocycles. The molecule has 9 heteroatoms. The Hall–Kier alpha value is -3.75. The molecule has 2 aromatic carbocycles. The maximum Gasteiger partial charge on any atom is 0.332 e. The summed E-state index contributed by atoms with van der Waals surface area (Å²) in [6.45, 7) is 0.0608. The number of hydrogen-bond acceptors (Lipinski definition) is 6. The van der Waals surface area contributed by atoms with Crippen LogP contribution in [0.2, 0.25) is 0 Å². The van der Waals surface area contributed by atoms with Crippen LogP contribution in [0.15, 0.2) is 48.0 Å². The van der Waals surface area contributed by atoms with Gasteiger partial charge >= 0.3 is 11.9 Å². The smallest absolute Gasteiger partial charge is 0.332 e. The monoisotopic (exact) mass is 431 g/mol. The van der Waals surface area contributed by atoms with E-state index in [0.29, 0.717) is 41.9 Å². The summed E-state index contributed by atoms with van der Waals surface area (Å²) in [5.74, 6) is -2.43. The van der Waals surface area contributed by atoms with E-state index >= 15 is 0 Å². The number of halogens is 1. The third kappa shape index (κ3) is 5.06. The van der Waals surface area contributed by atoms with Crippen molar-refractivity contribution in [2.24, 2.45) is 5.92 Å². The number of nitrogens with zero attached hydrogens (tertiary/aromatic N) is 1. The predicted octanol–water partition coefficient (Wildman–Crippen LogP) is 3.30. The molecule has 1 aliphatic rings. The van der Waals surface area contributed by atoms with Gasteiger partial charge in [0, 0.05) is 23.6 Å². The van der Waals surface area contributed by atoms with Crippen LogP contribution in [0, 0.1) is 11.7 Å². The van der Waals surface area contributed by atoms with Crippen molar-refractivity contribution in [1.82, 2.24) is 0 Å². The van der Waals surface area contributed by atoms with Gasteiger partial charge < -0.3 is 24.5 Å². The number of hydroxylamine groups is 1. The Morgan fingerprint density at radius 1 is 1.10 bits per heavy atom. The number of carboxylic acids is 2. The van der Waals surface area contributed by atoms with E-state index in [4.69, 9.17) is 19.4 Å². The largest absolute Gasteiger partial charge is 0.493 e.